The number of benzene rings is 1. The molecule has 0 unspecified atom stereocenters. The summed E-state index contributed by atoms with van der Waals surface area (Å²) in [5.74, 6) is -2.58. The third-order valence-corrected chi connectivity index (χ3v) is 3.68. The number of hydrogen-bond donors (Lipinski definition) is 3. The van der Waals surface area contributed by atoms with Gasteiger partial charge >= 0.3 is 11.9 Å². The van der Waals surface area contributed by atoms with E-state index in [0.29, 0.717) is 0 Å². The molecule has 0 saturated carbocycles. The molecule has 1 aromatic carbocycles. The molecule has 7 heteroatoms. The van der Waals surface area contributed by atoms with E-state index in [0.717, 1.165) is 44.9 Å². The zero-order valence-corrected chi connectivity index (χ0v) is 17.0. The number of rotatable bonds is 9. The fraction of sp³-hybridized carbons (Fsp3) is 0.600. The van der Waals surface area contributed by atoms with E-state index in [1.54, 1.807) is 7.11 Å². The van der Waals surface area contributed by atoms with Crippen LogP contribution in [0.3, 0.4) is 0 Å². The van der Waals surface area contributed by atoms with Gasteiger partial charge in [0.15, 0.2) is 0 Å². The van der Waals surface area contributed by atoms with Crippen molar-refractivity contribution in [1.82, 2.24) is 5.32 Å². The predicted molar refractivity (Wildman–Crippen MR) is 105 cm³/mol. The molecule has 0 aliphatic rings. The maximum absolute atomic E-state index is 9.10. The first-order chi connectivity index (χ1) is 12.6. The Kier molecular flexibility index (Phi) is 12.1. The van der Waals surface area contributed by atoms with Crippen molar-refractivity contribution in [3.63, 3.8) is 0 Å². The first-order valence-electron chi connectivity index (χ1n) is 9.00. The summed E-state index contributed by atoms with van der Waals surface area (Å²) in [5.41, 5.74) is 2.63. The molecule has 1 rings (SSSR count). The van der Waals surface area contributed by atoms with Gasteiger partial charge in [-0.15, -0.1) is 0 Å². The highest BCUT2D eigenvalue weighted by Gasteiger charge is 2.19. The Labute approximate surface area is 161 Å². The van der Waals surface area contributed by atoms with Crippen molar-refractivity contribution in [3.8, 4) is 5.75 Å². The Morgan fingerprint density at radius 3 is 2.19 bits per heavy atom. The van der Waals surface area contributed by atoms with Crippen LogP contribution >= 0.6 is 0 Å². The smallest absolute Gasteiger partial charge is 0.414 e. The van der Waals surface area contributed by atoms with E-state index in [4.69, 9.17) is 29.3 Å². The van der Waals surface area contributed by atoms with Gasteiger partial charge in [0.2, 0.25) is 0 Å². The van der Waals surface area contributed by atoms with Gasteiger partial charge in [-0.2, -0.15) is 0 Å². The van der Waals surface area contributed by atoms with Crippen LogP contribution < -0.4 is 10.1 Å². The van der Waals surface area contributed by atoms with E-state index >= 15 is 0 Å². The van der Waals surface area contributed by atoms with Crippen molar-refractivity contribution in [3.05, 3.63) is 29.3 Å². The van der Waals surface area contributed by atoms with Crippen molar-refractivity contribution in [2.45, 2.75) is 46.0 Å². The van der Waals surface area contributed by atoms with Gasteiger partial charge in [0.25, 0.3) is 0 Å². The number of carboxylic acids is 2. The minimum atomic E-state index is -1.82. The molecule has 0 heterocycles. The molecule has 0 saturated heterocycles. The summed E-state index contributed by atoms with van der Waals surface area (Å²) in [6.45, 7) is 12.3. The van der Waals surface area contributed by atoms with E-state index in [2.05, 4.69) is 51.2 Å². The second-order valence-electron chi connectivity index (χ2n) is 7.11. The van der Waals surface area contributed by atoms with Crippen LogP contribution in [0.15, 0.2) is 18.2 Å². The number of aliphatic carboxylic acids is 2. The number of unbranched alkanes of at least 4 members (excludes halogenated alkanes) is 1. The average Bonchev–Trinajstić information content (AvgIpc) is 2.58. The molecule has 0 aromatic heterocycles. The fourth-order valence-corrected chi connectivity index (χ4v) is 2.26. The van der Waals surface area contributed by atoms with Gasteiger partial charge in [0.1, 0.15) is 5.75 Å². The first-order valence-corrected chi connectivity index (χ1v) is 9.00. The molecule has 0 fully saturated rings. The highest BCUT2D eigenvalue weighted by Crippen LogP contribution is 2.33. The molecule has 1 aromatic rings. The Morgan fingerprint density at radius 1 is 1.04 bits per heavy atom. The molecular weight excluding hydrogens is 350 g/mol. The Hall–Kier alpha value is -2.12. The third kappa shape index (κ3) is 11.2. The van der Waals surface area contributed by atoms with Crippen molar-refractivity contribution < 1.29 is 29.3 Å². The molecule has 0 radical (unpaired) electrons. The lowest BCUT2D eigenvalue weighted by molar-refractivity contribution is -0.159. The second kappa shape index (κ2) is 13.1. The average molecular weight is 383 g/mol. The Morgan fingerprint density at radius 2 is 1.67 bits per heavy atom. The quantitative estimate of drug-likeness (QED) is 0.445. The van der Waals surface area contributed by atoms with Crippen LogP contribution in [0, 0.1) is 6.92 Å². The third-order valence-electron chi connectivity index (χ3n) is 3.68. The topological polar surface area (TPSA) is 105 Å². The summed E-state index contributed by atoms with van der Waals surface area (Å²) < 4.78 is 11.1. The summed E-state index contributed by atoms with van der Waals surface area (Å²) in [6, 6.07) is 6.41. The lowest BCUT2D eigenvalue weighted by Gasteiger charge is -2.24. The number of carbonyl (C=O) groups is 2. The molecule has 3 N–H and O–H groups in total. The summed E-state index contributed by atoms with van der Waals surface area (Å²) in [6.07, 6.45) is 2.19. The molecule has 0 amide bonds. The van der Waals surface area contributed by atoms with E-state index in [1.807, 2.05) is 0 Å². The van der Waals surface area contributed by atoms with Gasteiger partial charge in [-0.1, -0.05) is 39.0 Å². The van der Waals surface area contributed by atoms with Gasteiger partial charge in [-0.05, 0) is 42.9 Å². The van der Waals surface area contributed by atoms with Crippen LogP contribution in [0.5, 0.6) is 5.75 Å². The molecule has 0 bridgehead atoms. The molecule has 0 aliphatic carbocycles. The standard InChI is InChI=1S/C18H31NO2.C2H2O4/c1-15-9-8-10-16(18(2,3)4)17(15)21-13-7-6-11-19-12-14-20-5;3-1(4)2(5)6/h8-10,19H,6-7,11-14H2,1-5H3;(H,3,4)(H,5,6). The van der Waals surface area contributed by atoms with Gasteiger partial charge in [0, 0.05) is 13.7 Å². The molecule has 27 heavy (non-hydrogen) atoms. The normalized spacial score (nSPS) is 10.7. The second-order valence-corrected chi connectivity index (χ2v) is 7.11. The molecule has 154 valence electrons. The van der Waals surface area contributed by atoms with Crippen LogP contribution in [-0.2, 0) is 19.7 Å². The minimum Gasteiger partial charge on any atom is -0.493 e. The van der Waals surface area contributed by atoms with Crippen LogP contribution in [0.1, 0.15) is 44.7 Å². The first kappa shape index (κ1) is 24.9. The van der Waals surface area contributed by atoms with Gasteiger partial charge < -0.3 is 25.0 Å². The number of aryl methyl sites for hydroxylation is 1. The van der Waals surface area contributed by atoms with E-state index in [9.17, 15) is 0 Å². The molecular formula is C20H33NO6. The lowest BCUT2D eigenvalue weighted by atomic mass is 9.85. The van der Waals surface area contributed by atoms with Crippen LogP contribution in [0.2, 0.25) is 0 Å². The number of ether oxygens (including phenoxy) is 2. The Bertz CT molecular complexity index is 568. The zero-order chi connectivity index (χ0) is 20.9. The van der Waals surface area contributed by atoms with E-state index in [1.165, 1.54) is 11.1 Å². The zero-order valence-electron chi connectivity index (χ0n) is 17.0. The summed E-state index contributed by atoms with van der Waals surface area (Å²) in [4.78, 5) is 18.2. The number of methoxy groups -OCH3 is 1. The molecule has 0 atom stereocenters. The SMILES string of the molecule is COCCNCCCCOc1c(C)cccc1C(C)(C)C.O=C(O)C(=O)O. The van der Waals surface area contributed by atoms with Crippen molar-refractivity contribution in [1.29, 1.82) is 0 Å². The summed E-state index contributed by atoms with van der Waals surface area (Å²) in [7, 11) is 1.73. The lowest BCUT2D eigenvalue weighted by Crippen LogP contribution is -2.20. The Balaban J connectivity index is 0.000000972. The number of carboxylic acid groups (broad SMARTS) is 2. The van der Waals surface area contributed by atoms with Crippen molar-refractivity contribution in [2.75, 3.05) is 33.4 Å². The fourth-order valence-electron chi connectivity index (χ4n) is 2.26. The summed E-state index contributed by atoms with van der Waals surface area (Å²) >= 11 is 0. The van der Waals surface area contributed by atoms with E-state index < -0.39 is 11.9 Å². The van der Waals surface area contributed by atoms with Crippen molar-refractivity contribution in [2.24, 2.45) is 0 Å². The van der Waals surface area contributed by atoms with Crippen LogP contribution in [0.25, 0.3) is 0 Å². The van der Waals surface area contributed by atoms with Crippen LogP contribution in [-0.4, -0.2) is 55.6 Å². The predicted octanol–water partition coefficient (Wildman–Crippen LogP) is 2.84. The number of nitrogens with one attached hydrogen (secondary N) is 1. The van der Waals surface area contributed by atoms with Crippen molar-refractivity contribution >= 4 is 11.9 Å². The molecule has 7 nitrogen and oxygen atoms in total. The van der Waals surface area contributed by atoms with Gasteiger partial charge in [-0.25, -0.2) is 9.59 Å². The maximum Gasteiger partial charge on any atom is 0.414 e. The number of hydrogen-bond acceptors (Lipinski definition) is 5. The largest absolute Gasteiger partial charge is 0.493 e. The minimum absolute atomic E-state index is 0.114. The van der Waals surface area contributed by atoms with E-state index in [-0.39, 0.29) is 5.41 Å². The monoisotopic (exact) mass is 383 g/mol. The van der Waals surface area contributed by atoms with Crippen LogP contribution in [0.4, 0.5) is 0 Å². The highest BCUT2D eigenvalue weighted by atomic mass is 16.5. The van der Waals surface area contributed by atoms with Gasteiger partial charge in [-0.3, -0.25) is 0 Å². The molecule has 0 aliphatic heterocycles. The summed E-state index contributed by atoms with van der Waals surface area (Å²) in [5, 5.41) is 18.1. The maximum atomic E-state index is 9.10. The van der Waals surface area contributed by atoms with Gasteiger partial charge in [0.05, 0.1) is 13.2 Å². The molecule has 0 spiro atoms. The number of para-hydroxylation sites is 1. The highest BCUT2D eigenvalue weighted by molar-refractivity contribution is 6.27.